The van der Waals surface area contributed by atoms with Crippen LogP contribution in [0.1, 0.15) is 31.2 Å². The highest BCUT2D eigenvalue weighted by molar-refractivity contribution is 7.99. The summed E-state index contributed by atoms with van der Waals surface area (Å²) in [6.45, 7) is 1.92. The summed E-state index contributed by atoms with van der Waals surface area (Å²) in [6, 6.07) is 14.1. The zero-order valence-corrected chi connectivity index (χ0v) is 18.2. The van der Waals surface area contributed by atoms with E-state index in [1.165, 1.54) is 24.6 Å². The quantitative estimate of drug-likeness (QED) is 0.545. The van der Waals surface area contributed by atoms with Gasteiger partial charge in [-0.05, 0) is 30.5 Å². The minimum atomic E-state index is 0.152. The average Bonchev–Trinajstić information content (AvgIpc) is 3.48. The zero-order valence-electron chi connectivity index (χ0n) is 17.4. The van der Waals surface area contributed by atoms with Crippen molar-refractivity contribution in [2.24, 2.45) is 0 Å². The summed E-state index contributed by atoms with van der Waals surface area (Å²) in [6.07, 6.45) is 6.28. The number of thioether (sulfide) groups is 1. The van der Waals surface area contributed by atoms with Gasteiger partial charge in [0.05, 0.1) is 37.3 Å². The number of hydrogen-bond donors (Lipinski definition) is 0. The van der Waals surface area contributed by atoms with Gasteiger partial charge in [-0.1, -0.05) is 54.9 Å². The van der Waals surface area contributed by atoms with Gasteiger partial charge in [0.15, 0.2) is 10.9 Å². The van der Waals surface area contributed by atoms with Gasteiger partial charge in [-0.3, -0.25) is 9.36 Å². The maximum Gasteiger partial charge on any atom is 0.233 e. The number of hydrogen-bond acceptors (Lipinski definition) is 6. The van der Waals surface area contributed by atoms with Crippen molar-refractivity contribution in [3.63, 3.8) is 0 Å². The van der Waals surface area contributed by atoms with E-state index in [-0.39, 0.29) is 18.1 Å². The molecule has 0 spiro atoms. The molecule has 2 unspecified atom stereocenters. The van der Waals surface area contributed by atoms with E-state index in [1.807, 2.05) is 39.8 Å². The molecule has 1 aliphatic carbocycles. The molecule has 0 radical (unpaired) electrons. The molecule has 2 fully saturated rings. The Balaban J connectivity index is 1.33. The molecule has 0 N–H and O–H groups in total. The predicted molar refractivity (Wildman–Crippen MR) is 118 cm³/mol. The van der Waals surface area contributed by atoms with Crippen LogP contribution in [0.15, 0.2) is 58.3 Å². The van der Waals surface area contributed by atoms with Gasteiger partial charge in [-0.2, -0.15) is 0 Å². The van der Waals surface area contributed by atoms with E-state index in [2.05, 4.69) is 22.3 Å². The molecule has 162 valence electrons. The molecule has 0 bridgehead atoms. The van der Waals surface area contributed by atoms with Crippen LogP contribution in [-0.4, -0.2) is 56.6 Å². The summed E-state index contributed by atoms with van der Waals surface area (Å²) < 4.78 is 13.5. The number of benzene rings is 1. The van der Waals surface area contributed by atoms with Crippen LogP contribution < -0.4 is 0 Å². The van der Waals surface area contributed by atoms with Gasteiger partial charge < -0.3 is 14.1 Å². The van der Waals surface area contributed by atoms with Gasteiger partial charge in [0.1, 0.15) is 0 Å². The first kappa shape index (κ1) is 20.3. The molecular formula is C23H26N4O3S. The number of nitrogens with zero attached hydrogens (tertiary/aromatic N) is 4. The average molecular weight is 439 g/mol. The number of aromatic nitrogens is 3. The van der Waals surface area contributed by atoms with Crippen molar-refractivity contribution in [3.8, 4) is 11.6 Å². The molecule has 8 heteroatoms. The van der Waals surface area contributed by atoms with Crippen molar-refractivity contribution in [1.82, 2.24) is 19.7 Å². The normalized spacial score (nSPS) is 21.1. The first-order valence-corrected chi connectivity index (χ1v) is 11.8. The van der Waals surface area contributed by atoms with Gasteiger partial charge >= 0.3 is 0 Å². The first-order chi connectivity index (χ1) is 15.3. The van der Waals surface area contributed by atoms with Gasteiger partial charge in [-0.15, -0.1) is 10.2 Å². The van der Waals surface area contributed by atoms with Crippen LogP contribution >= 0.6 is 11.8 Å². The SMILES string of the molecule is O=C(CSc1nnc(-c2ccco2)n1Cc1ccccc1)N1CCOC2CCCCC21. The summed E-state index contributed by atoms with van der Waals surface area (Å²) in [5, 5.41) is 9.47. The van der Waals surface area contributed by atoms with Crippen LogP contribution in [0.25, 0.3) is 11.6 Å². The Bertz CT molecular complexity index is 1000. The maximum atomic E-state index is 13.1. The van der Waals surface area contributed by atoms with Crippen LogP contribution in [0.3, 0.4) is 0 Å². The van der Waals surface area contributed by atoms with Gasteiger partial charge in [0.2, 0.25) is 11.7 Å². The van der Waals surface area contributed by atoms with Crippen LogP contribution in [0.5, 0.6) is 0 Å². The molecule has 1 saturated heterocycles. The standard InChI is InChI=1S/C23H26N4O3S/c28-21(26-12-14-30-19-10-5-4-9-18(19)26)16-31-23-25-24-22(20-11-6-13-29-20)27(23)15-17-7-2-1-3-8-17/h1-3,6-8,11,13,18-19H,4-5,9-10,12,14-16H2. The fraction of sp³-hybridized carbons (Fsp3) is 0.435. The Labute approximate surface area is 185 Å². The minimum absolute atomic E-state index is 0.152. The molecule has 3 aromatic rings. The highest BCUT2D eigenvalue weighted by Crippen LogP contribution is 2.30. The molecule has 1 amide bonds. The fourth-order valence-corrected chi connectivity index (χ4v) is 5.33. The lowest BCUT2D eigenvalue weighted by atomic mass is 9.90. The zero-order chi connectivity index (χ0) is 21.0. The van der Waals surface area contributed by atoms with Crippen molar-refractivity contribution < 1.29 is 13.9 Å². The van der Waals surface area contributed by atoms with E-state index >= 15 is 0 Å². The molecule has 5 rings (SSSR count). The number of morpholine rings is 1. The van der Waals surface area contributed by atoms with Gasteiger partial charge in [0.25, 0.3) is 0 Å². The molecular weight excluding hydrogens is 412 g/mol. The second kappa shape index (κ2) is 9.28. The Morgan fingerprint density at radius 3 is 2.81 bits per heavy atom. The summed E-state index contributed by atoms with van der Waals surface area (Å²) in [4.78, 5) is 15.1. The number of rotatable bonds is 6. The van der Waals surface area contributed by atoms with Crippen LogP contribution in [0.2, 0.25) is 0 Å². The molecule has 3 heterocycles. The van der Waals surface area contributed by atoms with Gasteiger partial charge in [0, 0.05) is 6.54 Å². The third kappa shape index (κ3) is 4.41. The molecule has 7 nitrogen and oxygen atoms in total. The second-order valence-corrected chi connectivity index (χ2v) is 8.93. The van der Waals surface area contributed by atoms with E-state index < -0.39 is 0 Å². The van der Waals surface area contributed by atoms with Crippen molar-refractivity contribution in [2.75, 3.05) is 18.9 Å². The molecule has 31 heavy (non-hydrogen) atoms. The lowest BCUT2D eigenvalue weighted by Crippen LogP contribution is -2.55. The summed E-state index contributed by atoms with van der Waals surface area (Å²) in [5.74, 6) is 1.83. The number of carbonyl (C=O) groups excluding carboxylic acids is 1. The van der Waals surface area contributed by atoms with E-state index in [9.17, 15) is 4.79 Å². The number of ether oxygens (including phenoxy) is 1. The van der Waals surface area contributed by atoms with Crippen molar-refractivity contribution in [1.29, 1.82) is 0 Å². The summed E-state index contributed by atoms with van der Waals surface area (Å²) in [5.41, 5.74) is 1.14. The Hall–Kier alpha value is -2.58. The molecule has 2 aromatic heterocycles. The molecule has 2 aliphatic rings. The van der Waals surface area contributed by atoms with Crippen molar-refractivity contribution in [3.05, 3.63) is 54.3 Å². The van der Waals surface area contributed by atoms with E-state index in [0.29, 0.717) is 37.0 Å². The fourth-order valence-electron chi connectivity index (χ4n) is 4.51. The molecule has 2 atom stereocenters. The molecule has 1 aliphatic heterocycles. The number of carbonyl (C=O) groups is 1. The summed E-state index contributed by atoms with van der Waals surface area (Å²) >= 11 is 1.44. The number of furan rings is 1. The first-order valence-electron chi connectivity index (χ1n) is 10.8. The smallest absolute Gasteiger partial charge is 0.233 e. The van der Waals surface area contributed by atoms with Gasteiger partial charge in [-0.25, -0.2) is 0 Å². The van der Waals surface area contributed by atoms with Crippen molar-refractivity contribution >= 4 is 17.7 Å². The predicted octanol–water partition coefficient (Wildman–Crippen LogP) is 3.85. The van der Waals surface area contributed by atoms with E-state index in [4.69, 9.17) is 9.15 Å². The van der Waals surface area contributed by atoms with Crippen LogP contribution in [0.4, 0.5) is 0 Å². The molecule has 1 saturated carbocycles. The monoisotopic (exact) mass is 438 g/mol. The highest BCUT2D eigenvalue weighted by atomic mass is 32.2. The lowest BCUT2D eigenvalue weighted by Gasteiger charge is -2.43. The highest BCUT2D eigenvalue weighted by Gasteiger charge is 2.36. The lowest BCUT2D eigenvalue weighted by molar-refractivity contribution is -0.146. The minimum Gasteiger partial charge on any atom is -0.461 e. The third-order valence-electron chi connectivity index (χ3n) is 6.02. The second-order valence-electron chi connectivity index (χ2n) is 7.99. The number of fused-ring (bicyclic) bond motifs is 1. The van der Waals surface area contributed by atoms with E-state index in [1.54, 1.807) is 6.26 Å². The van der Waals surface area contributed by atoms with Crippen LogP contribution in [0, 0.1) is 0 Å². The topological polar surface area (TPSA) is 73.4 Å². The Morgan fingerprint density at radius 2 is 1.97 bits per heavy atom. The molecule has 1 aromatic carbocycles. The Kier molecular flexibility index (Phi) is 6.08. The number of amides is 1. The maximum absolute atomic E-state index is 13.1. The van der Waals surface area contributed by atoms with E-state index in [0.717, 1.165) is 23.6 Å². The van der Waals surface area contributed by atoms with Crippen molar-refractivity contribution in [2.45, 2.75) is 49.5 Å². The van der Waals surface area contributed by atoms with Crippen LogP contribution in [-0.2, 0) is 16.1 Å². The summed E-state index contributed by atoms with van der Waals surface area (Å²) in [7, 11) is 0. The Morgan fingerprint density at radius 1 is 1.10 bits per heavy atom. The third-order valence-corrected chi connectivity index (χ3v) is 6.97. The largest absolute Gasteiger partial charge is 0.461 e.